The summed E-state index contributed by atoms with van der Waals surface area (Å²) in [4.78, 5) is 0. The quantitative estimate of drug-likeness (QED) is 0.739. The standard InChI is InChI=1S/C14H14ClNO4S2/c1-3-20-12-8-10(7-11(15)14(12)19-2)9-16-22(17,18)13-5-4-6-21-13/h4-9H,3H2,1-2H3/b16-9-. The molecule has 1 aromatic heterocycles. The number of methoxy groups -OCH3 is 1. The molecule has 0 fully saturated rings. The molecule has 2 rings (SSSR count). The smallest absolute Gasteiger partial charge is 0.291 e. The van der Waals surface area contributed by atoms with Crippen molar-refractivity contribution >= 4 is 39.2 Å². The summed E-state index contributed by atoms with van der Waals surface area (Å²) in [6.07, 6.45) is 1.24. The highest BCUT2D eigenvalue weighted by molar-refractivity contribution is 7.92. The van der Waals surface area contributed by atoms with Crippen LogP contribution in [0.3, 0.4) is 0 Å². The zero-order valence-electron chi connectivity index (χ0n) is 11.9. The highest BCUT2D eigenvalue weighted by atomic mass is 35.5. The Labute approximate surface area is 138 Å². The maximum absolute atomic E-state index is 12.0. The van der Waals surface area contributed by atoms with E-state index in [1.54, 1.807) is 23.6 Å². The first-order chi connectivity index (χ1) is 10.5. The molecule has 0 bridgehead atoms. The SMILES string of the molecule is CCOc1cc(/C=N\S(=O)(=O)c2cccs2)cc(Cl)c1OC. The van der Waals surface area contributed by atoms with Gasteiger partial charge in [-0.2, -0.15) is 12.8 Å². The second-order valence-corrected chi connectivity index (χ2v) is 7.32. The first kappa shape index (κ1) is 16.8. The van der Waals surface area contributed by atoms with Crippen LogP contribution in [0.2, 0.25) is 5.02 Å². The number of nitrogens with zero attached hydrogens (tertiary/aromatic N) is 1. The fraction of sp³-hybridized carbons (Fsp3) is 0.214. The van der Waals surface area contributed by atoms with Crippen LogP contribution in [-0.2, 0) is 10.0 Å². The van der Waals surface area contributed by atoms with Crippen molar-refractivity contribution in [3.05, 3.63) is 40.2 Å². The van der Waals surface area contributed by atoms with Crippen molar-refractivity contribution in [1.82, 2.24) is 0 Å². The number of hydrogen-bond acceptors (Lipinski definition) is 5. The lowest BCUT2D eigenvalue weighted by Crippen LogP contribution is -1.99. The Morgan fingerprint density at radius 1 is 1.41 bits per heavy atom. The van der Waals surface area contributed by atoms with E-state index in [2.05, 4.69) is 4.40 Å². The summed E-state index contributed by atoms with van der Waals surface area (Å²) >= 11 is 7.22. The van der Waals surface area contributed by atoms with Crippen molar-refractivity contribution in [1.29, 1.82) is 0 Å². The lowest BCUT2D eigenvalue weighted by atomic mass is 10.2. The summed E-state index contributed by atoms with van der Waals surface area (Å²) in [6, 6.07) is 6.35. The van der Waals surface area contributed by atoms with Gasteiger partial charge in [-0.25, -0.2) is 0 Å². The van der Waals surface area contributed by atoms with Crippen LogP contribution in [0.15, 0.2) is 38.3 Å². The van der Waals surface area contributed by atoms with Crippen LogP contribution in [-0.4, -0.2) is 28.3 Å². The summed E-state index contributed by atoms with van der Waals surface area (Å²) < 4.78 is 38.5. The molecule has 0 aliphatic carbocycles. The molecule has 0 N–H and O–H groups in total. The predicted octanol–water partition coefficient (Wildman–Crippen LogP) is 3.62. The van der Waals surface area contributed by atoms with Crippen LogP contribution in [0, 0.1) is 0 Å². The molecule has 0 unspecified atom stereocenters. The number of hydrogen-bond donors (Lipinski definition) is 0. The van der Waals surface area contributed by atoms with Gasteiger partial charge in [-0.3, -0.25) is 0 Å². The Balaban J connectivity index is 2.36. The molecule has 1 aromatic carbocycles. The van der Waals surface area contributed by atoms with E-state index in [1.165, 1.54) is 19.4 Å². The molecule has 8 heteroatoms. The fourth-order valence-corrected chi connectivity index (χ4v) is 3.86. The van der Waals surface area contributed by atoms with Crippen molar-refractivity contribution in [2.45, 2.75) is 11.1 Å². The minimum atomic E-state index is -3.70. The number of rotatable bonds is 6. The van der Waals surface area contributed by atoms with Gasteiger partial charge in [-0.05, 0) is 36.1 Å². The fourth-order valence-electron chi connectivity index (χ4n) is 1.72. The van der Waals surface area contributed by atoms with Gasteiger partial charge >= 0.3 is 0 Å². The van der Waals surface area contributed by atoms with Gasteiger partial charge in [0.2, 0.25) is 0 Å². The van der Waals surface area contributed by atoms with E-state index in [0.29, 0.717) is 28.7 Å². The number of halogens is 1. The normalized spacial score (nSPS) is 11.8. The van der Waals surface area contributed by atoms with Gasteiger partial charge in [0.25, 0.3) is 10.0 Å². The monoisotopic (exact) mass is 359 g/mol. The Hall–Kier alpha value is -1.57. The lowest BCUT2D eigenvalue weighted by Gasteiger charge is -2.11. The molecular formula is C14H14ClNO4S2. The largest absolute Gasteiger partial charge is 0.491 e. The third-order valence-corrected chi connectivity index (χ3v) is 5.52. The van der Waals surface area contributed by atoms with E-state index < -0.39 is 10.0 Å². The van der Waals surface area contributed by atoms with Gasteiger partial charge in [-0.1, -0.05) is 17.7 Å². The minimum Gasteiger partial charge on any atom is -0.491 e. The number of sulfonamides is 1. The van der Waals surface area contributed by atoms with Crippen LogP contribution in [0.25, 0.3) is 0 Å². The topological polar surface area (TPSA) is 65.0 Å². The van der Waals surface area contributed by atoms with Crippen molar-refractivity contribution in [3.63, 3.8) is 0 Å². The average molecular weight is 360 g/mol. The van der Waals surface area contributed by atoms with Crippen molar-refractivity contribution in [2.24, 2.45) is 4.40 Å². The zero-order chi connectivity index (χ0) is 16.2. The van der Waals surface area contributed by atoms with E-state index in [9.17, 15) is 8.42 Å². The Kier molecular flexibility index (Phi) is 5.44. The molecule has 0 saturated heterocycles. The number of ether oxygens (including phenoxy) is 2. The van der Waals surface area contributed by atoms with E-state index in [4.69, 9.17) is 21.1 Å². The maximum Gasteiger partial charge on any atom is 0.291 e. The predicted molar refractivity (Wildman–Crippen MR) is 88.3 cm³/mol. The third kappa shape index (κ3) is 3.79. The summed E-state index contributed by atoms with van der Waals surface area (Å²) in [5, 5.41) is 2.00. The molecule has 0 amide bonds. The highest BCUT2D eigenvalue weighted by Crippen LogP contribution is 2.36. The Bertz CT molecular complexity index is 770. The van der Waals surface area contributed by atoms with Gasteiger partial charge in [0.1, 0.15) is 4.21 Å². The van der Waals surface area contributed by atoms with Crippen molar-refractivity contribution in [2.75, 3.05) is 13.7 Å². The van der Waals surface area contributed by atoms with Crippen LogP contribution in [0.5, 0.6) is 11.5 Å². The van der Waals surface area contributed by atoms with Gasteiger partial charge in [0.15, 0.2) is 11.5 Å². The summed E-state index contributed by atoms with van der Waals surface area (Å²) in [5.74, 6) is 0.842. The summed E-state index contributed by atoms with van der Waals surface area (Å²) in [7, 11) is -2.21. The van der Waals surface area contributed by atoms with Gasteiger partial charge in [0.05, 0.1) is 18.7 Å². The molecule has 0 aliphatic heterocycles. The molecule has 0 radical (unpaired) electrons. The molecule has 0 spiro atoms. The highest BCUT2D eigenvalue weighted by Gasteiger charge is 2.14. The average Bonchev–Trinajstić information content (AvgIpc) is 3.00. The molecule has 118 valence electrons. The molecule has 0 atom stereocenters. The molecule has 2 aromatic rings. The molecule has 5 nitrogen and oxygen atoms in total. The van der Waals surface area contributed by atoms with Gasteiger partial charge in [-0.15, -0.1) is 11.3 Å². The molecule has 1 heterocycles. The van der Waals surface area contributed by atoms with Crippen LogP contribution in [0.4, 0.5) is 0 Å². The van der Waals surface area contributed by atoms with Crippen molar-refractivity contribution < 1.29 is 17.9 Å². The maximum atomic E-state index is 12.0. The van der Waals surface area contributed by atoms with Gasteiger partial charge in [0, 0.05) is 6.21 Å². The Morgan fingerprint density at radius 3 is 2.77 bits per heavy atom. The second-order valence-electron chi connectivity index (χ2n) is 4.11. The Morgan fingerprint density at radius 2 is 2.18 bits per heavy atom. The first-order valence-electron chi connectivity index (χ1n) is 6.32. The lowest BCUT2D eigenvalue weighted by molar-refractivity contribution is 0.311. The van der Waals surface area contributed by atoms with Crippen LogP contribution < -0.4 is 9.47 Å². The van der Waals surface area contributed by atoms with Crippen molar-refractivity contribution in [3.8, 4) is 11.5 Å². The molecule has 0 aliphatic rings. The molecule has 22 heavy (non-hydrogen) atoms. The minimum absolute atomic E-state index is 0.188. The number of thiophene rings is 1. The van der Waals surface area contributed by atoms with Crippen LogP contribution in [0.1, 0.15) is 12.5 Å². The van der Waals surface area contributed by atoms with E-state index in [-0.39, 0.29) is 4.21 Å². The zero-order valence-corrected chi connectivity index (χ0v) is 14.3. The first-order valence-corrected chi connectivity index (χ1v) is 9.02. The summed E-state index contributed by atoms with van der Waals surface area (Å²) in [6.45, 7) is 2.26. The van der Waals surface area contributed by atoms with E-state index in [1.807, 2.05) is 6.92 Å². The number of benzene rings is 1. The molecular weight excluding hydrogens is 346 g/mol. The van der Waals surface area contributed by atoms with E-state index >= 15 is 0 Å². The molecule has 0 saturated carbocycles. The van der Waals surface area contributed by atoms with E-state index in [0.717, 1.165) is 11.3 Å². The third-order valence-electron chi connectivity index (χ3n) is 2.63. The van der Waals surface area contributed by atoms with Gasteiger partial charge < -0.3 is 9.47 Å². The van der Waals surface area contributed by atoms with Crippen LogP contribution >= 0.6 is 22.9 Å². The second kappa shape index (κ2) is 7.13. The summed E-state index contributed by atoms with van der Waals surface area (Å²) in [5.41, 5.74) is 0.509.